The molecule has 0 atom stereocenters. The number of nitrogens with zero attached hydrogens (tertiary/aromatic N) is 8. The van der Waals surface area contributed by atoms with Gasteiger partial charge in [0.05, 0.1) is 42.8 Å². The third-order valence-corrected chi connectivity index (χ3v) is 10.7. The molecule has 0 bridgehead atoms. The smallest absolute Gasteiger partial charge is 0.434 e. The number of carbonyl (C=O) groups is 1. The molecule has 0 unspecified atom stereocenters. The zero-order valence-corrected chi connectivity index (χ0v) is 34.7. The second-order valence-corrected chi connectivity index (χ2v) is 15.4. The van der Waals surface area contributed by atoms with Crippen LogP contribution in [0.1, 0.15) is 77.2 Å². The summed E-state index contributed by atoms with van der Waals surface area (Å²) in [6, 6.07) is 17.9. The highest BCUT2D eigenvalue weighted by Crippen LogP contribution is 2.45. The van der Waals surface area contributed by atoms with Gasteiger partial charge < -0.3 is 24.3 Å². The first-order chi connectivity index (χ1) is 30.3. The number of H-pyrrole nitrogens is 1. The van der Waals surface area contributed by atoms with Gasteiger partial charge in [0.2, 0.25) is 5.88 Å². The number of carbonyl (C=O) groups excluding carboxylic acids is 1. The lowest BCUT2D eigenvalue weighted by Gasteiger charge is -2.26. The molecular weight excluding hydrogens is 821 g/mol. The van der Waals surface area contributed by atoms with E-state index in [1.54, 1.807) is 68.4 Å². The van der Waals surface area contributed by atoms with Gasteiger partial charge in [0.25, 0.3) is 11.5 Å². The standard InChI is InChI=1S/C45H42F4N10O4/c1-25(2)59-23-36(45(47,48)49)54-40(59)29-12-9-26(10-13-29)22-58(41-35(62-3)21-51-39(55-41)37-38(28-14-15-28)52-24-53-44(37)63-4)18-17-50-42(60)32-19-27(11-16-33(32)46)20-34-30-7-5-6-8-31(30)43(61)57-56-34/h5-13,16,19,21,23-25,28H,14-15,17-18,20,22H2,1-4H3,(H,50,60)(H,57,61). The van der Waals surface area contributed by atoms with Crippen molar-refractivity contribution >= 4 is 22.5 Å². The first kappa shape index (κ1) is 42.5. The molecule has 0 radical (unpaired) electrons. The van der Waals surface area contributed by atoms with E-state index in [0.29, 0.717) is 56.4 Å². The van der Waals surface area contributed by atoms with Crippen molar-refractivity contribution in [1.82, 2.24) is 45.0 Å². The molecule has 8 rings (SSSR count). The zero-order valence-electron chi connectivity index (χ0n) is 34.7. The average molecular weight is 863 g/mol. The Bertz CT molecular complexity index is 2860. The van der Waals surface area contributed by atoms with E-state index in [0.717, 1.165) is 30.3 Å². The fraction of sp³-hybridized carbons (Fsp3) is 0.289. The number of alkyl halides is 3. The topological polar surface area (TPSA) is 166 Å². The Labute approximate surface area is 358 Å². The summed E-state index contributed by atoms with van der Waals surface area (Å²) in [5.41, 5.74) is 2.21. The maximum atomic E-state index is 15.3. The molecule has 7 aromatic rings. The van der Waals surface area contributed by atoms with E-state index >= 15 is 4.39 Å². The van der Waals surface area contributed by atoms with Crippen LogP contribution in [0.25, 0.3) is 33.5 Å². The van der Waals surface area contributed by atoms with Crippen molar-refractivity contribution in [3.63, 3.8) is 0 Å². The number of methoxy groups -OCH3 is 2. The Balaban J connectivity index is 1.09. The van der Waals surface area contributed by atoms with Crippen LogP contribution >= 0.6 is 0 Å². The van der Waals surface area contributed by atoms with Gasteiger partial charge >= 0.3 is 6.18 Å². The van der Waals surface area contributed by atoms with Gasteiger partial charge in [-0.15, -0.1) is 0 Å². The number of amides is 1. The van der Waals surface area contributed by atoms with Crippen molar-refractivity contribution in [2.24, 2.45) is 0 Å². The SMILES string of the molecule is COc1cnc(-c2c(OC)ncnc2C2CC2)nc1N(CCNC(=O)c1cc(Cc2n[nH]c(=O)c3ccccc23)ccc1F)Cc1ccc(-c2nc(C(F)(F)F)cn2C(C)C)cc1. The summed E-state index contributed by atoms with van der Waals surface area (Å²) in [7, 11) is 2.98. The molecule has 1 saturated carbocycles. The lowest BCUT2D eigenvalue weighted by Crippen LogP contribution is -2.35. The molecular formula is C45H42F4N10O4. The molecule has 1 aliphatic rings. The summed E-state index contributed by atoms with van der Waals surface area (Å²) in [5.74, 6) is 0.252. The number of aromatic nitrogens is 8. The predicted octanol–water partition coefficient (Wildman–Crippen LogP) is 7.69. The molecule has 324 valence electrons. The van der Waals surface area contributed by atoms with E-state index in [9.17, 15) is 22.8 Å². The van der Waals surface area contributed by atoms with E-state index < -0.39 is 23.6 Å². The van der Waals surface area contributed by atoms with Gasteiger partial charge in [0.1, 0.15) is 23.5 Å². The number of rotatable bonds is 15. The minimum atomic E-state index is -4.61. The number of nitrogens with one attached hydrogen (secondary N) is 2. The predicted molar refractivity (Wildman–Crippen MR) is 226 cm³/mol. The van der Waals surface area contributed by atoms with Gasteiger partial charge in [-0.3, -0.25) is 9.59 Å². The number of aromatic amines is 1. The van der Waals surface area contributed by atoms with Crippen LogP contribution in [0, 0.1) is 5.82 Å². The summed E-state index contributed by atoms with van der Waals surface area (Å²) in [4.78, 5) is 50.2. The van der Waals surface area contributed by atoms with Crippen molar-refractivity contribution in [3.8, 4) is 34.4 Å². The molecule has 4 heterocycles. The van der Waals surface area contributed by atoms with Crippen molar-refractivity contribution in [1.29, 1.82) is 0 Å². The monoisotopic (exact) mass is 862 g/mol. The number of imidazole rings is 1. The van der Waals surface area contributed by atoms with Crippen LogP contribution in [0.3, 0.4) is 0 Å². The Morgan fingerprint density at radius 1 is 0.968 bits per heavy atom. The third kappa shape index (κ3) is 9.05. The molecule has 0 saturated heterocycles. The quantitative estimate of drug-likeness (QED) is 0.0971. The summed E-state index contributed by atoms with van der Waals surface area (Å²) < 4.78 is 69.2. The van der Waals surface area contributed by atoms with Crippen molar-refractivity contribution < 1.29 is 31.8 Å². The van der Waals surface area contributed by atoms with Crippen LogP contribution in [-0.4, -0.2) is 72.9 Å². The first-order valence-corrected chi connectivity index (χ1v) is 20.2. The summed E-state index contributed by atoms with van der Waals surface area (Å²) in [5, 5.41) is 10.7. The minimum absolute atomic E-state index is 0.0202. The fourth-order valence-electron chi connectivity index (χ4n) is 7.40. The van der Waals surface area contributed by atoms with Gasteiger partial charge in [-0.2, -0.15) is 18.3 Å². The van der Waals surface area contributed by atoms with Crippen LogP contribution in [0.2, 0.25) is 0 Å². The van der Waals surface area contributed by atoms with Crippen LogP contribution in [0.15, 0.2) is 90.2 Å². The molecule has 18 heteroatoms. The Kier molecular flexibility index (Phi) is 11.9. The number of hydrogen-bond acceptors (Lipinski definition) is 11. The molecule has 1 aliphatic carbocycles. The number of halogens is 4. The largest absolute Gasteiger partial charge is 0.491 e. The summed E-state index contributed by atoms with van der Waals surface area (Å²) >= 11 is 0. The molecule has 2 N–H and O–H groups in total. The molecule has 63 heavy (non-hydrogen) atoms. The molecule has 4 aromatic heterocycles. The van der Waals surface area contributed by atoms with Crippen LogP contribution < -0.4 is 25.2 Å². The molecule has 1 amide bonds. The number of ether oxygens (including phenoxy) is 2. The van der Waals surface area contributed by atoms with Crippen LogP contribution in [0.4, 0.5) is 23.4 Å². The van der Waals surface area contributed by atoms with Crippen molar-refractivity contribution in [3.05, 3.63) is 135 Å². The zero-order chi connectivity index (χ0) is 44.4. The number of fused-ring (bicyclic) bond motifs is 1. The Morgan fingerprint density at radius 3 is 2.41 bits per heavy atom. The second-order valence-electron chi connectivity index (χ2n) is 15.4. The Morgan fingerprint density at radius 2 is 1.71 bits per heavy atom. The number of anilines is 1. The average Bonchev–Trinajstić information content (AvgIpc) is 4.03. The number of hydrogen-bond donors (Lipinski definition) is 2. The van der Waals surface area contributed by atoms with Gasteiger partial charge in [-0.1, -0.05) is 48.5 Å². The molecule has 14 nitrogen and oxygen atoms in total. The molecule has 1 fully saturated rings. The lowest BCUT2D eigenvalue weighted by atomic mass is 10.0. The maximum Gasteiger partial charge on any atom is 0.434 e. The van der Waals surface area contributed by atoms with Gasteiger partial charge in [0, 0.05) is 55.2 Å². The van der Waals surface area contributed by atoms with E-state index in [1.807, 2.05) is 4.90 Å². The number of benzene rings is 3. The fourth-order valence-corrected chi connectivity index (χ4v) is 7.40. The molecule has 3 aromatic carbocycles. The highest BCUT2D eigenvalue weighted by atomic mass is 19.4. The third-order valence-electron chi connectivity index (χ3n) is 10.7. The first-order valence-electron chi connectivity index (χ1n) is 20.2. The van der Waals surface area contributed by atoms with Gasteiger partial charge in [-0.05, 0) is 56.0 Å². The maximum absolute atomic E-state index is 15.3. The second kappa shape index (κ2) is 17.6. The minimum Gasteiger partial charge on any atom is -0.491 e. The van der Waals surface area contributed by atoms with E-state index in [-0.39, 0.29) is 55.0 Å². The van der Waals surface area contributed by atoms with Gasteiger partial charge in [-0.25, -0.2) is 34.4 Å². The van der Waals surface area contributed by atoms with Crippen molar-refractivity contribution in [2.45, 2.75) is 57.8 Å². The van der Waals surface area contributed by atoms with E-state index in [4.69, 9.17) is 14.5 Å². The van der Waals surface area contributed by atoms with E-state index in [2.05, 4.69) is 35.5 Å². The lowest BCUT2D eigenvalue weighted by molar-refractivity contribution is -0.140. The van der Waals surface area contributed by atoms with E-state index in [1.165, 1.54) is 43.4 Å². The highest BCUT2D eigenvalue weighted by Gasteiger charge is 2.35. The highest BCUT2D eigenvalue weighted by molar-refractivity contribution is 5.94. The van der Waals surface area contributed by atoms with Gasteiger partial charge in [0.15, 0.2) is 23.1 Å². The normalized spacial score (nSPS) is 12.8. The molecule has 0 spiro atoms. The van der Waals surface area contributed by atoms with Crippen molar-refractivity contribution in [2.75, 3.05) is 32.2 Å². The molecule has 0 aliphatic heterocycles. The summed E-state index contributed by atoms with van der Waals surface area (Å²) in [6.45, 7) is 3.91. The summed E-state index contributed by atoms with van der Waals surface area (Å²) in [6.07, 6.45) is 1.48. The Hall–Kier alpha value is -7.24. The van der Waals surface area contributed by atoms with Crippen LogP contribution in [-0.2, 0) is 19.1 Å². The van der Waals surface area contributed by atoms with Crippen LogP contribution in [0.5, 0.6) is 11.6 Å².